The smallest absolute Gasteiger partial charge is 0.267 e. The average molecular weight is 418 g/mol. The fraction of sp³-hybridized carbons (Fsp3) is 0.118. The van der Waals surface area contributed by atoms with Crippen molar-refractivity contribution in [3.05, 3.63) is 69.2 Å². The van der Waals surface area contributed by atoms with E-state index < -0.39 is 5.91 Å². The summed E-state index contributed by atoms with van der Waals surface area (Å²) >= 11 is 2.21. The molecule has 0 aliphatic rings. The molecule has 2 rings (SSSR count). The van der Waals surface area contributed by atoms with Crippen LogP contribution in [0.5, 0.6) is 0 Å². The quantitative estimate of drug-likeness (QED) is 0.445. The van der Waals surface area contributed by atoms with Gasteiger partial charge in [-0.1, -0.05) is 6.07 Å². The van der Waals surface area contributed by atoms with Gasteiger partial charge in [0, 0.05) is 21.7 Å². The summed E-state index contributed by atoms with van der Waals surface area (Å²) < 4.78 is 1.09. The molecule has 2 aromatic rings. The van der Waals surface area contributed by atoms with Gasteiger partial charge < -0.3 is 10.6 Å². The summed E-state index contributed by atoms with van der Waals surface area (Å²) in [4.78, 5) is 16.3. The van der Waals surface area contributed by atoms with Crippen LogP contribution in [0.2, 0.25) is 0 Å². The van der Waals surface area contributed by atoms with Crippen LogP contribution in [0.1, 0.15) is 11.3 Å². The number of nitrogens with one attached hydrogen (secondary N) is 2. The van der Waals surface area contributed by atoms with Gasteiger partial charge in [0.05, 0.1) is 12.2 Å². The number of nitrogens with zero attached hydrogens (tertiary/aromatic N) is 2. The molecule has 0 fully saturated rings. The van der Waals surface area contributed by atoms with Crippen molar-refractivity contribution in [1.82, 2.24) is 10.3 Å². The van der Waals surface area contributed by atoms with Crippen LogP contribution in [0, 0.1) is 21.8 Å². The minimum Gasteiger partial charge on any atom is -0.384 e. The van der Waals surface area contributed by atoms with Crippen LogP contribution in [0.4, 0.5) is 5.69 Å². The molecule has 1 aromatic carbocycles. The third-order valence-electron chi connectivity index (χ3n) is 3.06. The number of carbonyl (C=O) groups excluding carboxylic acids is 1. The number of nitriles is 1. The predicted octanol–water partition coefficient (Wildman–Crippen LogP) is 3.13. The lowest BCUT2D eigenvalue weighted by molar-refractivity contribution is -0.112. The lowest BCUT2D eigenvalue weighted by Crippen LogP contribution is -2.17. The first-order valence-electron chi connectivity index (χ1n) is 6.91. The molecule has 0 saturated heterocycles. The number of halogens is 1. The minimum atomic E-state index is -0.440. The molecule has 0 aliphatic heterocycles. The van der Waals surface area contributed by atoms with E-state index in [2.05, 4.69) is 38.2 Å². The van der Waals surface area contributed by atoms with E-state index in [4.69, 9.17) is 5.26 Å². The van der Waals surface area contributed by atoms with Crippen molar-refractivity contribution in [3.8, 4) is 6.07 Å². The standard InChI is InChI=1S/C17H15IN4O/c1-12-8-14(18)5-6-16(12)22-17(23)13(9-19)10-20-11-15-4-2-3-7-21-15/h2-8,10,20H,11H2,1H3,(H,22,23)/b13-10-. The Morgan fingerprint density at radius 2 is 2.22 bits per heavy atom. The molecular formula is C17H15IN4O. The van der Waals surface area contributed by atoms with Crippen LogP contribution in [0.25, 0.3) is 0 Å². The average Bonchev–Trinajstić information content (AvgIpc) is 2.55. The van der Waals surface area contributed by atoms with Crippen molar-refractivity contribution >= 4 is 34.2 Å². The molecule has 0 radical (unpaired) electrons. The van der Waals surface area contributed by atoms with Crippen LogP contribution in [0.15, 0.2) is 54.4 Å². The van der Waals surface area contributed by atoms with E-state index in [1.165, 1.54) is 6.20 Å². The molecule has 23 heavy (non-hydrogen) atoms. The molecule has 116 valence electrons. The first-order chi connectivity index (χ1) is 11.1. The van der Waals surface area contributed by atoms with Crippen LogP contribution in [-0.2, 0) is 11.3 Å². The summed E-state index contributed by atoms with van der Waals surface area (Å²) in [5.41, 5.74) is 2.49. The molecule has 0 saturated carbocycles. The second-order valence-corrected chi connectivity index (χ2v) is 6.03. The van der Waals surface area contributed by atoms with Gasteiger partial charge in [-0.15, -0.1) is 0 Å². The van der Waals surface area contributed by atoms with Gasteiger partial charge in [0.25, 0.3) is 5.91 Å². The van der Waals surface area contributed by atoms with E-state index in [-0.39, 0.29) is 5.57 Å². The van der Waals surface area contributed by atoms with Gasteiger partial charge in [-0.05, 0) is 65.4 Å². The highest BCUT2D eigenvalue weighted by molar-refractivity contribution is 14.1. The zero-order valence-electron chi connectivity index (χ0n) is 12.5. The topological polar surface area (TPSA) is 77.8 Å². The maximum atomic E-state index is 12.2. The maximum absolute atomic E-state index is 12.2. The third kappa shape index (κ3) is 5.07. The fourth-order valence-corrected chi connectivity index (χ4v) is 2.51. The Balaban J connectivity index is 2.00. The summed E-state index contributed by atoms with van der Waals surface area (Å²) in [7, 11) is 0. The summed E-state index contributed by atoms with van der Waals surface area (Å²) in [6.45, 7) is 2.36. The maximum Gasteiger partial charge on any atom is 0.267 e. The molecule has 0 unspecified atom stereocenters. The van der Waals surface area contributed by atoms with Gasteiger partial charge in [-0.3, -0.25) is 9.78 Å². The third-order valence-corrected chi connectivity index (χ3v) is 3.73. The number of rotatable bonds is 5. The molecule has 0 aliphatic carbocycles. The van der Waals surface area contributed by atoms with Crippen LogP contribution < -0.4 is 10.6 Å². The zero-order chi connectivity index (χ0) is 16.7. The summed E-state index contributed by atoms with van der Waals surface area (Å²) in [6.07, 6.45) is 3.10. The normalized spacial score (nSPS) is 10.7. The van der Waals surface area contributed by atoms with Gasteiger partial charge >= 0.3 is 0 Å². The van der Waals surface area contributed by atoms with E-state index in [1.807, 2.05) is 49.4 Å². The first-order valence-corrected chi connectivity index (χ1v) is 7.99. The second-order valence-electron chi connectivity index (χ2n) is 4.79. The number of pyridine rings is 1. The summed E-state index contributed by atoms with van der Waals surface area (Å²) in [5.74, 6) is -0.440. The largest absolute Gasteiger partial charge is 0.384 e. The molecule has 1 aromatic heterocycles. The molecule has 5 nitrogen and oxygen atoms in total. The van der Waals surface area contributed by atoms with Crippen molar-refractivity contribution in [2.45, 2.75) is 13.5 Å². The number of carbonyl (C=O) groups is 1. The van der Waals surface area contributed by atoms with Crippen molar-refractivity contribution < 1.29 is 4.79 Å². The predicted molar refractivity (Wildman–Crippen MR) is 97.3 cm³/mol. The number of aromatic nitrogens is 1. The highest BCUT2D eigenvalue weighted by Gasteiger charge is 2.10. The van der Waals surface area contributed by atoms with Crippen molar-refractivity contribution in [3.63, 3.8) is 0 Å². The Hall–Kier alpha value is -2.40. The van der Waals surface area contributed by atoms with Crippen molar-refractivity contribution in [2.75, 3.05) is 5.32 Å². The number of amides is 1. The second kappa shape index (κ2) is 8.29. The number of benzene rings is 1. The Bertz CT molecular complexity index is 766. The number of aryl methyl sites for hydroxylation is 1. The van der Waals surface area contributed by atoms with Gasteiger partial charge in [0.1, 0.15) is 11.6 Å². The fourth-order valence-electron chi connectivity index (χ4n) is 1.87. The van der Waals surface area contributed by atoms with Crippen molar-refractivity contribution in [2.24, 2.45) is 0 Å². The van der Waals surface area contributed by atoms with E-state index in [9.17, 15) is 4.79 Å². The van der Waals surface area contributed by atoms with Crippen LogP contribution in [0.3, 0.4) is 0 Å². The van der Waals surface area contributed by atoms with Crippen LogP contribution >= 0.6 is 22.6 Å². The number of hydrogen-bond acceptors (Lipinski definition) is 4. The molecular weight excluding hydrogens is 403 g/mol. The molecule has 0 spiro atoms. The van der Waals surface area contributed by atoms with Gasteiger partial charge in [-0.25, -0.2) is 0 Å². The van der Waals surface area contributed by atoms with Gasteiger partial charge in [0.15, 0.2) is 0 Å². The molecule has 0 atom stereocenters. The molecule has 6 heteroatoms. The number of hydrogen-bond donors (Lipinski definition) is 2. The summed E-state index contributed by atoms with van der Waals surface area (Å²) in [6, 6.07) is 13.2. The van der Waals surface area contributed by atoms with E-state index in [0.29, 0.717) is 12.2 Å². The minimum absolute atomic E-state index is 0.0129. The highest BCUT2D eigenvalue weighted by atomic mass is 127. The Morgan fingerprint density at radius 3 is 2.87 bits per heavy atom. The highest BCUT2D eigenvalue weighted by Crippen LogP contribution is 2.18. The lowest BCUT2D eigenvalue weighted by atomic mass is 10.2. The zero-order valence-corrected chi connectivity index (χ0v) is 14.7. The Labute approximate surface area is 148 Å². The summed E-state index contributed by atoms with van der Waals surface area (Å²) in [5, 5.41) is 14.8. The van der Waals surface area contributed by atoms with E-state index >= 15 is 0 Å². The first kappa shape index (κ1) is 17.0. The van der Waals surface area contributed by atoms with E-state index in [0.717, 1.165) is 14.8 Å². The molecule has 1 amide bonds. The monoisotopic (exact) mass is 418 g/mol. The lowest BCUT2D eigenvalue weighted by Gasteiger charge is -2.08. The SMILES string of the molecule is Cc1cc(I)ccc1NC(=O)/C(C#N)=C\NCc1ccccn1. The van der Waals surface area contributed by atoms with Gasteiger partial charge in [0.2, 0.25) is 0 Å². The molecule has 1 heterocycles. The molecule has 2 N–H and O–H groups in total. The van der Waals surface area contributed by atoms with Gasteiger partial charge in [-0.2, -0.15) is 5.26 Å². The number of anilines is 1. The Morgan fingerprint density at radius 1 is 1.39 bits per heavy atom. The van der Waals surface area contributed by atoms with Crippen LogP contribution in [-0.4, -0.2) is 10.9 Å². The Kier molecular flexibility index (Phi) is 6.11. The van der Waals surface area contributed by atoms with E-state index in [1.54, 1.807) is 6.20 Å². The van der Waals surface area contributed by atoms with Crippen molar-refractivity contribution in [1.29, 1.82) is 5.26 Å². The molecule has 0 bridgehead atoms.